The van der Waals surface area contributed by atoms with Gasteiger partial charge in [-0.15, -0.1) is 4.98 Å². The lowest BCUT2D eigenvalue weighted by Gasteiger charge is -2.08. The number of hydrogen-bond acceptors (Lipinski definition) is 5. The Balaban J connectivity index is 3.29. The third kappa shape index (κ3) is 1.77. The summed E-state index contributed by atoms with van der Waals surface area (Å²) in [4.78, 5) is 18.9. The Morgan fingerprint density at radius 2 is 2.23 bits per heavy atom. The van der Waals surface area contributed by atoms with Gasteiger partial charge in [0.1, 0.15) is 0 Å². The Kier molecular flexibility index (Phi) is 2.84. The number of anilines is 1. The van der Waals surface area contributed by atoms with E-state index in [0.717, 1.165) is 0 Å². The van der Waals surface area contributed by atoms with Gasteiger partial charge in [0.15, 0.2) is 0 Å². The molecule has 72 valence electrons. The van der Waals surface area contributed by atoms with Crippen LogP contribution in [0.4, 0.5) is 5.95 Å². The zero-order valence-corrected chi connectivity index (χ0v) is 7.87. The van der Waals surface area contributed by atoms with Crippen LogP contribution in [-0.2, 0) is 6.54 Å². The highest BCUT2D eigenvalue weighted by Gasteiger charge is 2.06. The largest absolute Gasteiger partial charge is 0.467 e. The van der Waals surface area contributed by atoms with E-state index in [1.807, 2.05) is 6.92 Å². The average Bonchev–Trinajstić information content (AvgIpc) is 2.16. The topological polar surface area (TPSA) is 69.0 Å². The van der Waals surface area contributed by atoms with Gasteiger partial charge in [-0.3, -0.25) is 4.57 Å². The SMILES string of the molecule is CCn1c(NC)nc(OC)nc1=O. The van der Waals surface area contributed by atoms with E-state index in [-0.39, 0.29) is 11.7 Å². The van der Waals surface area contributed by atoms with Gasteiger partial charge in [0, 0.05) is 13.6 Å². The normalized spacial score (nSPS) is 9.77. The van der Waals surface area contributed by atoms with E-state index >= 15 is 0 Å². The van der Waals surface area contributed by atoms with Crippen molar-refractivity contribution in [2.75, 3.05) is 19.5 Å². The molecule has 0 bridgehead atoms. The number of rotatable bonds is 3. The van der Waals surface area contributed by atoms with Crippen LogP contribution in [0.5, 0.6) is 6.01 Å². The first-order chi connectivity index (χ1) is 6.22. The van der Waals surface area contributed by atoms with Crippen LogP contribution >= 0.6 is 0 Å². The smallest absolute Gasteiger partial charge is 0.354 e. The van der Waals surface area contributed by atoms with Gasteiger partial charge in [0.2, 0.25) is 5.95 Å². The van der Waals surface area contributed by atoms with Gasteiger partial charge in [0.25, 0.3) is 0 Å². The molecular formula is C7H12N4O2. The molecule has 0 radical (unpaired) electrons. The molecule has 0 unspecified atom stereocenters. The van der Waals surface area contributed by atoms with Crippen LogP contribution in [0.15, 0.2) is 4.79 Å². The Hall–Kier alpha value is -1.59. The summed E-state index contributed by atoms with van der Waals surface area (Å²) in [6.45, 7) is 2.37. The molecule has 0 saturated heterocycles. The van der Waals surface area contributed by atoms with E-state index in [1.54, 1.807) is 7.05 Å². The molecule has 1 heterocycles. The molecule has 0 fully saturated rings. The van der Waals surface area contributed by atoms with E-state index in [0.29, 0.717) is 12.5 Å². The van der Waals surface area contributed by atoms with Gasteiger partial charge >= 0.3 is 11.7 Å². The molecule has 0 aromatic carbocycles. The van der Waals surface area contributed by atoms with E-state index in [1.165, 1.54) is 11.7 Å². The van der Waals surface area contributed by atoms with Crippen LogP contribution in [0, 0.1) is 0 Å². The first-order valence-corrected chi connectivity index (χ1v) is 3.93. The van der Waals surface area contributed by atoms with Crippen LogP contribution in [0.25, 0.3) is 0 Å². The van der Waals surface area contributed by atoms with Gasteiger partial charge in [-0.1, -0.05) is 0 Å². The molecule has 6 nitrogen and oxygen atoms in total. The van der Waals surface area contributed by atoms with Crippen molar-refractivity contribution in [3.63, 3.8) is 0 Å². The second kappa shape index (κ2) is 3.88. The van der Waals surface area contributed by atoms with Crippen molar-refractivity contribution in [1.82, 2.24) is 14.5 Å². The van der Waals surface area contributed by atoms with E-state index in [2.05, 4.69) is 15.3 Å². The van der Waals surface area contributed by atoms with E-state index in [4.69, 9.17) is 4.74 Å². The zero-order valence-electron chi connectivity index (χ0n) is 7.87. The van der Waals surface area contributed by atoms with E-state index in [9.17, 15) is 4.79 Å². The quantitative estimate of drug-likeness (QED) is 0.699. The minimum Gasteiger partial charge on any atom is -0.467 e. The predicted molar refractivity (Wildman–Crippen MR) is 48.1 cm³/mol. The first kappa shape index (κ1) is 9.50. The highest BCUT2D eigenvalue weighted by molar-refractivity contribution is 5.24. The van der Waals surface area contributed by atoms with Crippen molar-refractivity contribution in [1.29, 1.82) is 0 Å². The average molecular weight is 184 g/mol. The van der Waals surface area contributed by atoms with Crippen molar-refractivity contribution >= 4 is 5.95 Å². The van der Waals surface area contributed by atoms with Crippen molar-refractivity contribution < 1.29 is 4.74 Å². The summed E-state index contributed by atoms with van der Waals surface area (Å²) in [7, 11) is 3.11. The molecule has 1 aromatic rings. The standard InChI is InChI=1S/C7H12N4O2/c1-4-11-5(8-2)9-6(13-3)10-7(11)12/h4H2,1-3H3,(H,8,9,10,12). The third-order valence-corrected chi connectivity index (χ3v) is 1.60. The van der Waals surface area contributed by atoms with Crippen LogP contribution in [0.3, 0.4) is 0 Å². The number of nitrogens with zero attached hydrogens (tertiary/aromatic N) is 3. The fourth-order valence-electron chi connectivity index (χ4n) is 0.976. The molecule has 1 N–H and O–H groups in total. The van der Waals surface area contributed by atoms with Crippen molar-refractivity contribution in [3.8, 4) is 6.01 Å². The second-order valence-corrected chi connectivity index (χ2v) is 2.31. The molecule has 0 aliphatic carbocycles. The second-order valence-electron chi connectivity index (χ2n) is 2.31. The number of methoxy groups -OCH3 is 1. The predicted octanol–water partition coefficient (Wildman–Crippen LogP) is -0.292. The molecule has 0 aliphatic heterocycles. The summed E-state index contributed by atoms with van der Waals surface area (Å²) in [5.41, 5.74) is -0.362. The summed E-state index contributed by atoms with van der Waals surface area (Å²) < 4.78 is 6.18. The number of aromatic nitrogens is 3. The summed E-state index contributed by atoms with van der Waals surface area (Å²) in [5, 5.41) is 2.79. The molecule has 0 saturated carbocycles. The molecule has 0 atom stereocenters. The minimum absolute atomic E-state index is 0.0825. The summed E-state index contributed by atoms with van der Waals surface area (Å²) in [5.74, 6) is 0.458. The Labute approximate surface area is 75.6 Å². The molecular weight excluding hydrogens is 172 g/mol. The molecule has 13 heavy (non-hydrogen) atoms. The van der Waals surface area contributed by atoms with E-state index < -0.39 is 0 Å². The van der Waals surface area contributed by atoms with Crippen molar-refractivity contribution in [2.24, 2.45) is 0 Å². The molecule has 1 rings (SSSR count). The number of nitrogens with one attached hydrogen (secondary N) is 1. The highest BCUT2D eigenvalue weighted by Crippen LogP contribution is 2.03. The highest BCUT2D eigenvalue weighted by atomic mass is 16.5. The minimum atomic E-state index is -0.362. The maximum atomic E-state index is 11.3. The molecule has 0 amide bonds. The molecule has 0 spiro atoms. The third-order valence-electron chi connectivity index (χ3n) is 1.60. The van der Waals surface area contributed by atoms with Gasteiger partial charge in [0.05, 0.1) is 7.11 Å². The van der Waals surface area contributed by atoms with Crippen LogP contribution < -0.4 is 15.7 Å². The maximum Gasteiger partial charge on any atom is 0.354 e. The fraction of sp³-hybridized carbons (Fsp3) is 0.571. The van der Waals surface area contributed by atoms with Gasteiger partial charge < -0.3 is 10.1 Å². The Morgan fingerprint density at radius 3 is 2.69 bits per heavy atom. The lowest BCUT2D eigenvalue weighted by atomic mass is 10.7. The lowest BCUT2D eigenvalue weighted by molar-refractivity contribution is 0.373. The molecule has 0 aliphatic rings. The molecule has 1 aromatic heterocycles. The lowest BCUT2D eigenvalue weighted by Crippen LogP contribution is -2.26. The number of ether oxygens (including phenoxy) is 1. The summed E-state index contributed by atoms with van der Waals surface area (Å²) in [6, 6.07) is 0.0825. The van der Waals surface area contributed by atoms with Gasteiger partial charge in [-0.05, 0) is 6.92 Å². The monoisotopic (exact) mass is 184 g/mol. The first-order valence-electron chi connectivity index (χ1n) is 3.93. The Morgan fingerprint density at radius 1 is 1.54 bits per heavy atom. The fourth-order valence-corrected chi connectivity index (χ4v) is 0.976. The van der Waals surface area contributed by atoms with Crippen molar-refractivity contribution in [3.05, 3.63) is 10.5 Å². The van der Waals surface area contributed by atoms with Crippen LogP contribution in [0.1, 0.15) is 6.92 Å². The van der Waals surface area contributed by atoms with Crippen LogP contribution in [0.2, 0.25) is 0 Å². The van der Waals surface area contributed by atoms with Crippen molar-refractivity contribution in [2.45, 2.75) is 13.5 Å². The maximum absolute atomic E-state index is 11.3. The van der Waals surface area contributed by atoms with Gasteiger partial charge in [-0.25, -0.2) is 4.79 Å². The summed E-state index contributed by atoms with van der Waals surface area (Å²) in [6.07, 6.45) is 0. The Bertz CT molecular complexity index is 347. The number of hydrogen-bond donors (Lipinski definition) is 1. The zero-order chi connectivity index (χ0) is 9.84. The summed E-state index contributed by atoms with van der Waals surface area (Å²) >= 11 is 0. The van der Waals surface area contributed by atoms with Crippen LogP contribution in [-0.4, -0.2) is 28.7 Å². The van der Waals surface area contributed by atoms with Gasteiger partial charge in [-0.2, -0.15) is 4.98 Å². The molecule has 6 heteroatoms.